The van der Waals surface area contributed by atoms with Crippen LogP contribution in [0.1, 0.15) is 41.3 Å². The molecule has 0 radical (unpaired) electrons. The third-order valence-electron chi connectivity index (χ3n) is 4.64. The minimum Gasteiger partial charge on any atom is -0.491 e. The summed E-state index contributed by atoms with van der Waals surface area (Å²) in [6.07, 6.45) is 2.35. The van der Waals surface area contributed by atoms with Crippen LogP contribution in [0.25, 0.3) is 0 Å². The third kappa shape index (κ3) is 4.44. The number of aryl methyl sites for hydroxylation is 2. The molecule has 1 fully saturated rings. The van der Waals surface area contributed by atoms with Gasteiger partial charge in [-0.2, -0.15) is 0 Å². The first-order valence-electron chi connectivity index (χ1n) is 9.31. The van der Waals surface area contributed by atoms with Crippen LogP contribution in [0.15, 0.2) is 42.5 Å². The number of anilines is 1. The molecule has 2 aromatic rings. The zero-order valence-electron chi connectivity index (χ0n) is 15.8. The number of ether oxygens (including phenoxy) is 2. The number of carbonyl (C=O) groups excluding carboxylic acids is 1. The predicted molar refractivity (Wildman–Crippen MR) is 104 cm³/mol. The molecule has 1 heterocycles. The van der Waals surface area contributed by atoms with E-state index in [9.17, 15) is 4.79 Å². The van der Waals surface area contributed by atoms with E-state index in [4.69, 9.17) is 9.47 Å². The van der Waals surface area contributed by atoms with E-state index in [1.807, 2.05) is 48.2 Å². The quantitative estimate of drug-likeness (QED) is 0.766. The zero-order chi connectivity index (χ0) is 18.5. The molecular weight excluding hydrogens is 326 g/mol. The second kappa shape index (κ2) is 8.37. The summed E-state index contributed by atoms with van der Waals surface area (Å²) in [5.74, 6) is 0.773. The summed E-state index contributed by atoms with van der Waals surface area (Å²) >= 11 is 0. The van der Waals surface area contributed by atoms with E-state index in [1.54, 1.807) is 0 Å². The van der Waals surface area contributed by atoms with E-state index in [0.717, 1.165) is 42.0 Å². The minimum atomic E-state index is 0.00294. The van der Waals surface area contributed by atoms with E-state index in [2.05, 4.69) is 19.9 Å². The van der Waals surface area contributed by atoms with Gasteiger partial charge in [0.25, 0.3) is 5.91 Å². The first-order valence-corrected chi connectivity index (χ1v) is 9.31. The Hall–Kier alpha value is -2.33. The molecule has 0 saturated carbocycles. The molecule has 0 spiro atoms. The largest absolute Gasteiger partial charge is 0.491 e. The van der Waals surface area contributed by atoms with E-state index in [0.29, 0.717) is 18.7 Å². The Morgan fingerprint density at radius 2 is 1.85 bits per heavy atom. The maximum absolute atomic E-state index is 12.9. The van der Waals surface area contributed by atoms with Gasteiger partial charge in [0.1, 0.15) is 12.4 Å². The van der Waals surface area contributed by atoms with Crippen molar-refractivity contribution in [3.63, 3.8) is 0 Å². The highest BCUT2D eigenvalue weighted by Crippen LogP contribution is 2.22. The number of benzene rings is 2. The molecule has 2 aromatic carbocycles. The Labute approximate surface area is 155 Å². The van der Waals surface area contributed by atoms with Gasteiger partial charge in [0, 0.05) is 24.4 Å². The normalized spacial score (nSPS) is 16.5. The first kappa shape index (κ1) is 18.5. The molecule has 0 aliphatic carbocycles. The molecule has 1 unspecified atom stereocenters. The summed E-state index contributed by atoms with van der Waals surface area (Å²) < 4.78 is 11.3. The van der Waals surface area contributed by atoms with Crippen LogP contribution in [0.5, 0.6) is 5.75 Å². The van der Waals surface area contributed by atoms with Gasteiger partial charge in [0.15, 0.2) is 0 Å². The monoisotopic (exact) mass is 353 g/mol. The van der Waals surface area contributed by atoms with Gasteiger partial charge in [-0.05, 0) is 81.1 Å². The fourth-order valence-corrected chi connectivity index (χ4v) is 3.36. The van der Waals surface area contributed by atoms with Crippen molar-refractivity contribution in [3.8, 4) is 5.75 Å². The Balaban J connectivity index is 1.69. The molecule has 1 aliphatic rings. The van der Waals surface area contributed by atoms with Gasteiger partial charge in [-0.3, -0.25) is 4.79 Å². The second-order valence-corrected chi connectivity index (χ2v) is 6.87. The number of rotatable bonds is 6. The number of hydrogen-bond donors (Lipinski definition) is 0. The summed E-state index contributed by atoms with van der Waals surface area (Å²) in [7, 11) is 0. The smallest absolute Gasteiger partial charge is 0.258 e. The van der Waals surface area contributed by atoms with Crippen molar-refractivity contribution in [2.75, 3.05) is 24.7 Å². The Morgan fingerprint density at radius 1 is 1.15 bits per heavy atom. The lowest BCUT2D eigenvalue weighted by Crippen LogP contribution is -2.30. The maximum atomic E-state index is 12.9. The Morgan fingerprint density at radius 3 is 2.42 bits per heavy atom. The first-order chi connectivity index (χ1) is 12.6. The molecule has 1 amide bonds. The van der Waals surface area contributed by atoms with Gasteiger partial charge < -0.3 is 14.4 Å². The fourth-order valence-electron chi connectivity index (χ4n) is 3.36. The molecule has 0 bridgehead atoms. The van der Waals surface area contributed by atoms with Crippen LogP contribution in [-0.4, -0.2) is 31.8 Å². The van der Waals surface area contributed by atoms with Crippen molar-refractivity contribution >= 4 is 11.6 Å². The molecule has 4 nitrogen and oxygen atoms in total. The lowest BCUT2D eigenvalue weighted by atomic mass is 10.1. The van der Waals surface area contributed by atoms with Crippen LogP contribution in [0.2, 0.25) is 0 Å². The van der Waals surface area contributed by atoms with Crippen molar-refractivity contribution in [2.45, 2.75) is 39.7 Å². The molecule has 1 saturated heterocycles. The van der Waals surface area contributed by atoms with Gasteiger partial charge >= 0.3 is 0 Å². The molecule has 138 valence electrons. The van der Waals surface area contributed by atoms with Crippen LogP contribution in [0.4, 0.5) is 5.69 Å². The van der Waals surface area contributed by atoms with Crippen molar-refractivity contribution in [2.24, 2.45) is 0 Å². The van der Waals surface area contributed by atoms with E-state index in [-0.39, 0.29) is 12.0 Å². The lowest BCUT2D eigenvalue weighted by Gasteiger charge is -2.22. The van der Waals surface area contributed by atoms with Gasteiger partial charge in [0.05, 0.1) is 6.10 Å². The molecule has 0 aromatic heterocycles. The van der Waals surface area contributed by atoms with E-state index < -0.39 is 0 Å². The lowest BCUT2D eigenvalue weighted by molar-refractivity contribution is 0.0679. The number of amides is 1. The van der Waals surface area contributed by atoms with Crippen molar-refractivity contribution in [3.05, 3.63) is 59.2 Å². The number of hydrogen-bond acceptors (Lipinski definition) is 3. The Bertz CT molecular complexity index is 728. The van der Waals surface area contributed by atoms with Gasteiger partial charge in [-0.15, -0.1) is 0 Å². The van der Waals surface area contributed by atoms with Gasteiger partial charge in [-0.25, -0.2) is 0 Å². The number of nitrogens with zero attached hydrogens (tertiary/aromatic N) is 1. The highest BCUT2D eigenvalue weighted by molar-refractivity contribution is 6.06. The summed E-state index contributed by atoms with van der Waals surface area (Å²) in [6.45, 7) is 8.11. The van der Waals surface area contributed by atoms with E-state index in [1.165, 1.54) is 0 Å². The fraction of sp³-hybridized carbons (Fsp3) is 0.409. The van der Waals surface area contributed by atoms with Crippen LogP contribution in [0.3, 0.4) is 0 Å². The molecule has 3 rings (SSSR count). The van der Waals surface area contributed by atoms with Crippen LogP contribution < -0.4 is 9.64 Å². The SMILES string of the molecule is CCN(C(=O)c1ccc(OCC2CCCO2)cc1)c1cc(C)cc(C)c1. The van der Waals surface area contributed by atoms with Crippen molar-refractivity contribution in [1.29, 1.82) is 0 Å². The Kier molecular flexibility index (Phi) is 5.94. The summed E-state index contributed by atoms with van der Waals surface area (Å²) in [4.78, 5) is 14.8. The summed E-state index contributed by atoms with van der Waals surface area (Å²) in [5.41, 5.74) is 3.91. The topological polar surface area (TPSA) is 38.8 Å². The predicted octanol–water partition coefficient (Wildman–Crippen LogP) is 4.53. The highest BCUT2D eigenvalue weighted by atomic mass is 16.5. The van der Waals surface area contributed by atoms with Crippen LogP contribution in [-0.2, 0) is 4.74 Å². The zero-order valence-corrected chi connectivity index (χ0v) is 15.8. The molecule has 1 aliphatic heterocycles. The second-order valence-electron chi connectivity index (χ2n) is 6.87. The van der Waals surface area contributed by atoms with Crippen LogP contribution in [0, 0.1) is 13.8 Å². The molecule has 26 heavy (non-hydrogen) atoms. The molecule has 4 heteroatoms. The summed E-state index contributed by atoms with van der Waals surface area (Å²) in [6, 6.07) is 13.6. The van der Waals surface area contributed by atoms with Gasteiger partial charge in [-0.1, -0.05) is 6.07 Å². The average Bonchev–Trinajstić information content (AvgIpc) is 3.14. The number of carbonyl (C=O) groups is 1. The van der Waals surface area contributed by atoms with Gasteiger partial charge in [0.2, 0.25) is 0 Å². The standard InChI is InChI=1S/C22H27NO3/c1-4-23(19-13-16(2)12-17(3)14-19)22(24)18-7-9-20(10-8-18)26-15-21-6-5-11-25-21/h7-10,12-14,21H,4-6,11,15H2,1-3H3. The van der Waals surface area contributed by atoms with Crippen LogP contribution >= 0.6 is 0 Å². The minimum absolute atomic E-state index is 0.00294. The van der Waals surface area contributed by atoms with E-state index >= 15 is 0 Å². The molecule has 1 atom stereocenters. The maximum Gasteiger partial charge on any atom is 0.258 e. The molecule has 0 N–H and O–H groups in total. The third-order valence-corrected chi connectivity index (χ3v) is 4.64. The average molecular weight is 353 g/mol. The highest BCUT2D eigenvalue weighted by Gasteiger charge is 2.18. The van der Waals surface area contributed by atoms with Crippen molar-refractivity contribution < 1.29 is 14.3 Å². The summed E-state index contributed by atoms with van der Waals surface area (Å²) in [5, 5.41) is 0. The molecular formula is C22H27NO3. The van der Waals surface area contributed by atoms with Crippen molar-refractivity contribution in [1.82, 2.24) is 0 Å².